The van der Waals surface area contributed by atoms with Crippen LogP contribution in [0.1, 0.15) is 31.2 Å². The Bertz CT molecular complexity index is 732. The number of hydrogen-bond donors (Lipinski definition) is 1. The third kappa shape index (κ3) is 5.58. The van der Waals surface area contributed by atoms with Crippen molar-refractivity contribution in [1.29, 1.82) is 0 Å². The Morgan fingerprint density at radius 2 is 1.84 bits per heavy atom. The lowest BCUT2D eigenvalue weighted by Gasteiger charge is -2.25. The molecule has 0 radical (unpaired) electrons. The van der Waals surface area contributed by atoms with Crippen molar-refractivity contribution in [2.75, 3.05) is 24.2 Å². The van der Waals surface area contributed by atoms with Gasteiger partial charge in [0, 0.05) is 25.2 Å². The number of nitrogens with one attached hydrogen (secondary N) is 1. The minimum Gasteiger partial charge on any atom is -0.326 e. The maximum absolute atomic E-state index is 12.8. The normalized spacial score (nSPS) is 16.6. The summed E-state index contributed by atoms with van der Waals surface area (Å²) in [4.78, 5) is 11.9. The minimum atomic E-state index is -4.64. The second-order valence-electron chi connectivity index (χ2n) is 5.77. The highest BCUT2D eigenvalue weighted by Crippen LogP contribution is 2.36. The molecular weight excluding hydrogens is 381 g/mol. The van der Waals surface area contributed by atoms with Crippen molar-refractivity contribution in [1.82, 2.24) is 4.31 Å². The van der Waals surface area contributed by atoms with Gasteiger partial charge in [0.1, 0.15) is 0 Å². The summed E-state index contributed by atoms with van der Waals surface area (Å²) in [5, 5.41) is 1.80. The summed E-state index contributed by atoms with van der Waals surface area (Å²) in [5.41, 5.74) is -1.15. The van der Waals surface area contributed by atoms with Gasteiger partial charge >= 0.3 is 6.18 Å². The molecule has 0 aliphatic carbocycles. The van der Waals surface area contributed by atoms with Crippen LogP contribution in [0.2, 0.25) is 5.02 Å². The molecule has 0 aromatic heterocycles. The Morgan fingerprint density at radius 3 is 2.44 bits per heavy atom. The first-order valence-corrected chi connectivity index (χ1v) is 9.73. The van der Waals surface area contributed by atoms with Gasteiger partial charge in [0.05, 0.1) is 16.3 Å². The van der Waals surface area contributed by atoms with Crippen LogP contribution in [0.15, 0.2) is 18.2 Å². The second kappa shape index (κ2) is 7.92. The fourth-order valence-electron chi connectivity index (χ4n) is 2.54. The molecule has 1 amide bonds. The summed E-state index contributed by atoms with van der Waals surface area (Å²) in [7, 11) is -3.54. The summed E-state index contributed by atoms with van der Waals surface area (Å²) in [6.07, 6.45) is -2.42. The van der Waals surface area contributed by atoms with E-state index >= 15 is 0 Å². The van der Waals surface area contributed by atoms with Gasteiger partial charge in [-0.05, 0) is 31.0 Å². The first-order valence-electron chi connectivity index (χ1n) is 7.74. The minimum absolute atomic E-state index is 0.0860. The van der Waals surface area contributed by atoms with E-state index in [1.165, 1.54) is 10.4 Å². The van der Waals surface area contributed by atoms with E-state index in [1.807, 2.05) is 0 Å². The molecule has 2 rings (SSSR count). The topological polar surface area (TPSA) is 66.5 Å². The molecule has 1 aromatic carbocycles. The van der Waals surface area contributed by atoms with Crippen molar-refractivity contribution in [2.24, 2.45) is 0 Å². The summed E-state index contributed by atoms with van der Waals surface area (Å²) in [6, 6.07) is 2.98. The van der Waals surface area contributed by atoms with Crippen LogP contribution in [-0.4, -0.2) is 37.5 Å². The van der Waals surface area contributed by atoms with Gasteiger partial charge in [-0.1, -0.05) is 18.0 Å². The monoisotopic (exact) mass is 398 g/mol. The lowest BCUT2D eigenvalue weighted by Crippen LogP contribution is -2.37. The number of hydrogen-bond acceptors (Lipinski definition) is 3. The largest absolute Gasteiger partial charge is 0.417 e. The highest BCUT2D eigenvalue weighted by atomic mass is 35.5. The van der Waals surface area contributed by atoms with Crippen LogP contribution < -0.4 is 5.32 Å². The number of amides is 1. The van der Waals surface area contributed by atoms with E-state index in [4.69, 9.17) is 11.6 Å². The van der Waals surface area contributed by atoms with Crippen molar-refractivity contribution < 1.29 is 26.4 Å². The molecule has 1 heterocycles. The van der Waals surface area contributed by atoms with E-state index in [1.54, 1.807) is 0 Å². The number of alkyl halides is 3. The van der Waals surface area contributed by atoms with E-state index < -0.39 is 32.7 Å². The fourth-order valence-corrected chi connectivity index (χ4v) is 4.28. The average Bonchev–Trinajstić information content (AvgIpc) is 2.55. The number of halogens is 4. The standard InChI is InChI=1S/C15H18ClF3N2O3S/c16-13-5-4-11(10-12(13)15(17,18)19)20-14(22)6-9-25(23,24)21-7-2-1-3-8-21/h4-5,10H,1-3,6-9H2,(H,20,22). The molecule has 0 atom stereocenters. The summed E-state index contributed by atoms with van der Waals surface area (Å²) in [6.45, 7) is 0.881. The SMILES string of the molecule is O=C(CCS(=O)(=O)N1CCCCC1)Nc1ccc(Cl)c(C(F)(F)F)c1. The lowest BCUT2D eigenvalue weighted by atomic mass is 10.2. The average molecular weight is 399 g/mol. The maximum Gasteiger partial charge on any atom is 0.417 e. The van der Waals surface area contributed by atoms with Crippen molar-refractivity contribution >= 4 is 33.2 Å². The zero-order chi connectivity index (χ0) is 18.7. The van der Waals surface area contributed by atoms with Gasteiger partial charge in [-0.15, -0.1) is 0 Å². The Hall–Kier alpha value is -1.32. The summed E-state index contributed by atoms with van der Waals surface area (Å²) < 4.78 is 64.0. The van der Waals surface area contributed by atoms with Gasteiger partial charge in [0.25, 0.3) is 0 Å². The highest BCUT2D eigenvalue weighted by Gasteiger charge is 2.33. The molecular formula is C15H18ClF3N2O3S. The van der Waals surface area contributed by atoms with Gasteiger partial charge in [-0.3, -0.25) is 4.79 Å². The van der Waals surface area contributed by atoms with Crippen LogP contribution in [0.5, 0.6) is 0 Å². The van der Waals surface area contributed by atoms with E-state index in [9.17, 15) is 26.4 Å². The van der Waals surface area contributed by atoms with E-state index in [-0.39, 0.29) is 17.9 Å². The number of sulfonamides is 1. The van der Waals surface area contributed by atoms with Crippen molar-refractivity contribution in [2.45, 2.75) is 31.9 Å². The van der Waals surface area contributed by atoms with Crippen LogP contribution in [0, 0.1) is 0 Å². The van der Waals surface area contributed by atoms with E-state index in [2.05, 4.69) is 5.32 Å². The Balaban J connectivity index is 1.96. The number of benzene rings is 1. The highest BCUT2D eigenvalue weighted by molar-refractivity contribution is 7.89. The molecule has 1 fully saturated rings. The fraction of sp³-hybridized carbons (Fsp3) is 0.533. The third-order valence-corrected chi connectivity index (χ3v) is 6.05. The zero-order valence-electron chi connectivity index (χ0n) is 13.3. The van der Waals surface area contributed by atoms with Crippen LogP contribution in [0.4, 0.5) is 18.9 Å². The van der Waals surface area contributed by atoms with Gasteiger partial charge < -0.3 is 5.32 Å². The van der Waals surface area contributed by atoms with Gasteiger partial charge in [0.2, 0.25) is 15.9 Å². The first kappa shape index (κ1) is 20.0. The first-order chi connectivity index (χ1) is 11.6. The van der Waals surface area contributed by atoms with Crippen LogP contribution in [-0.2, 0) is 21.0 Å². The molecule has 140 valence electrons. The third-order valence-electron chi connectivity index (χ3n) is 3.85. The number of nitrogens with zero attached hydrogens (tertiary/aromatic N) is 1. The number of rotatable bonds is 5. The maximum atomic E-state index is 12.8. The Labute approximate surface area is 149 Å². The van der Waals surface area contributed by atoms with Crippen molar-refractivity contribution in [3.63, 3.8) is 0 Å². The lowest BCUT2D eigenvalue weighted by molar-refractivity contribution is -0.137. The molecule has 1 aliphatic heterocycles. The molecule has 0 spiro atoms. The molecule has 1 aliphatic rings. The van der Waals surface area contributed by atoms with Gasteiger partial charge in [-0.2, -0.15) is 13.2 Å². The molecule has 0 bridgehead atoms. The van der Waals surface area contributed by atoms with Crippen LogP contribution in [0.3, 0.4) is 0 Å². The van der Waals surface area contributed by atoms with Crippen molar-refractivity contribution in [3.05, 3.63) is 28.8 Å². The summed E-state index contributed by atoms with van der Waals surface area (Å²) >= 11 is 5.51. The quantitative estimate of drug-likeness (QED) is 0.825. The van der Waals surface area contributed by atoms with Crippen LogP contribution >= 0.6 is 11.6 Å². The van der Waals surface area contributed by atoms with E-state index in [0.717, 1.165) is 31.4 Å². The molecule has 10 heteroatoms. The zero-order valence-corrected chi connectivity index (χ0v) is 14.8. The smallest absolute Gasteiger partial charge is 0.326 e. The molecule has 5 nitrogen and oxygen atoms in total. The van der Waals surface area contributed by atoms with Gasteiger partial charge in [0.15, 0.2) is 0 Å². The number of carbonyl (C=O) groups is 1. The van der Waals surface area contributed by atoms with Crippen molar-refractivity contribution in [3.8, 4) is 0 Å². The molecule has 25 heavy (non-hydrogen) atoms. The number of anilines is 1. The summed E-state index contributed by atoms with van der Waals surface area (Å²) in [5.74, 6) is -1.05. The number of carbonyl (C=O) groups excluding carboxylic acids is 1. The molecule has 0 unspecified atom stereocenters. The van der Waals surface area contributed by atoms with Crippen LogP contribution in [0.25, 0.3) is 0 Å². The van der Waals surface area contributed by atoms with E-state index in [0.29, 0.717) is 13.1 Å². The Morgan fingerprint density at radius 1 is 1.20 bits per heavy atom. The Kier molecular flexibility index (Phi) is 6.34. The predicted octanol–water partition coefficient (Wildman–Crippen LogP) is 3.50. The second-order valence-corrected chi connectivity index (χ2v) is 8.26. The number of piperidine rings is 1. The van der Waals surface area contributed by atoms with Gasteiger partial charge in [-0.25, -0.2) is 12.7 Å². The molecule has 1 N–H and O–H groups in total. The molecule has 1 aromatic rings. The predicted molar refractivity (Wildman–Crippen MR) is 88.9 cm³/mol. The molecule has 0 saturated carbocycles. The molecule has 1 saturated heterocycles.